The topological polar surface area (TPSA) is 75.4 Å². The minimum Gasteiger partial charge on any atom is -0.399 e. The Balaban J connectivity index is 2.15. The van der Waals surface area contributed by atoms with Crippen LogP contribution in [-0.4, -0.2) is 23.2 Å². The number of carbonyl (C=O) groups is 1. The molecular weight excluding hydrogens is 264 g/mol. The van der Waals surface area contributed by atoms with Gasteiger partial charge in [0.25, 0.3) is 5.91 Å². The average Bonchev–Trinajstić information content (AvgIpc) is 2.39. The first-order valence-electron chi connectivity index (χ1n) is 6.55. The maximum absolute atomic E-state index is 12.3. The molecule has 1 saturated carbocycles. The summed E-state index contributed by atoms with van der Waals surface area (Å²) in [5, 5.41) is 12.9. The van der Waals surface area contributed by atoms with Crippen LogP contribution in [0.3, 0.4) is 0 Å². The number of benzene rings is 1. The molecule has 1 aromatic rings. The summed E-state index contributed by atoms with van der Waals surface area (Å²) in [6.07, 6.45) is 4.82. The molecule has 0 spiro atoms. The van der Waals surface area contributed by atoms with Gasteiger partial charge in [0.05, 0.1) is 22.7 Å². The molecule has 104 valence electrons. The predicted molar refractivity (Wildman–Crippen MR) is 76.2 cm³/mol. The molecule has 0 bridgehead atoms. The number of amides is 1. The number of rotatable bonds is 3. The van der Waals surface area contributed by atoms with Gasteiger partial charge < -0.3 is 16.2 Å². The number of nitrogens with two attached hydrogens (primary N) is 1. The Bertz CT molecular complexity index is 471. The van der Waals surface area contributed by atoms with Gasteiger partial charge in [-0.25, -0.2) is 0 Å². The van der Waals surface area contributed by atoms with E-state index in [-0.39, 0.29) is 12.5 Å². The Kier molecular flexibility index (Phi) is 4.32. The lowest BCUT2D eigenvalue weighted by atomic mass is 9.82. The fraction of sp³-hybridized carbons (Fsp3) is 0.500. The van der Waals surface area contributed by atoms with Gasteiger partial charge in [0, 0.05) is 5.69 Å². The van der Waals surface area contributed by atoms with Crippen molar-refractivity contribution in [2.45, 2.75) is 37.6 Å². The summed E-state index contributed by atoms with van der Waals surface area (Å²) in [4.78, 5) is 12.3. The first-order chi connectivity index (χ1) is 9.06. The van der Waals surface area contributed by atoms with Gasteiger partial charge in [0.1, 0.15) is 0 Å². The Labute approximate surface area is 117 Å². The molecule has 1 fully saturated rings. The van der Waals surface area contributed by atoms with E-state index in [1.54, 1.807) is 18.2 Å². The second-order valence-corrected chi connectivity index (χ2v) is 5.60. The predicted octanol–water partition coefficient (Wildman–Crippen LogP) is 2.35. The van der Waals surface area contributed by atoms with E-state index in [1.807, 2.05) is 0 Å². The van der Waals surface area contributed by atoms with Crippen LogP contribution in [0.25, 0.3) is 0 Å². The normalized spacial score (nSPS) is 18.0. The van der Waals surface area contributed by atoms with E-state index in [2.05, 4.69) is 5.32 Å². The van der Waals surface area contributed by atoms with Gasteiger partial charge in [-0.3, -0.25) is 4.79 Å². The molecule has 1 aromatic carbocycles. The largest absolute Gasteiger partial charge is 0.399 e. The maximum Gasteiger partial charge on any atom is 0.253 e. The van der Waals surface area contributed by atoms with Crippen molar-refractivity contribution < 1.29 is 9.90 Å². The highest BCUT2D eigenvalue weighted by Gasteiger charge is 2.33. The van der Waals surface area contributed by atoms with E-state index in [0.717, 1.165) is 32.1 Å². The molecule has 4 nitrogen and oxygen atoms in total. The van der Waals surface area contributed by atoms with Crippen molar-refractivity contribution in [2.75, 3.05) is 12.3 Å². The summed E-state index contributed by atoms with van der Waals surface area (Å²) < 4.78 is 0. The number of hydrogen-bond acceptors (Lipinski definition) is 3. The van der Waals surface area contributed by atoms with Gasteiger partial charge in [-0.15, -0.1) is 0 Å². The molecule has 0 radical (unpaired) electrons. The molecular formula is C14H19ClN2O2. The summed E-state index contributed by atoms with van der Waals surface area (Å²) in [7, 11) is 0. The lowest BCUT2D eigenvalue weighted by Crippen LogP contribution is -2.52. The van der Waals surface area contributed by atoms with Gasteiger partial charge in [-0.1, -0.05) is 30.9 Å². The van der Waals surface area contributed by atoms with Crippen LogP contribution in [0.2, 0.25) is 5.02 Å². The van der Waals surface area contributed by atoms with Crippen molar-refractivity contribution in [2.24, 2.45) is 0 Å². The minimum atomic E-state index is -0.500. The summed E-state index contributed by atoms with van der Waals surface area (Å²) in [6, 6.07) is 4.82. The molecule has 0 aromatic heterocycles. The molecule has 5 heteroatoms. The van der Waals surface area contributed by atoms with Crippen molar-refractivity contribution in [1.82, 2.24) is 5.32 Å². The van der Waals surface area contributed by atoms with E-state index >= 15 is 0 Å². The van der Waals surface area contributed by atoms with E-state index < -0.39 is 5.54 Å². The van der Waals surface area contributed by atoms with Crippen molar-refractivity contribution in [1.29, 1.82) is 0 Å². The number of hydrogen-bond donors (Lipinski definition) is 3. The van der Waals surface area contributed by atoms with Crippen LogP contribution < -0.4 is 11.1 Å². The Morgan fingerprint density at radius 3 is 2.63 bits per heavy atom. The highest BCUT2D eigenvalue weighted by molar-refractivity contribution is 6.34. The Morgan fingerprint density at radius 2 is 2.05 bits per heavy atom. The van der Waals surface area contributed by atoms with Crippen LogP contribution in [0.1, 0.15) is 42.5 Å². The van der Waals surface area contributed by atoms with Crippen LogP contribution in [0.5, 0.6) is 0 Å². The molecule has 1 amide bonds. The number of aliphatic hydroxyl groups excluding tert-OH is 1. The minimum absolute atomic E-state index is 0.0364. The first kappa shape index (κ1) is 14.2. The van der Waals surface area contributed by atoms with Crippen molar-refractivity contribution >= 4 is 23.2 Å². The van der Waals surface area contributed by atoms with E-state index in [0.29, 0.717) is 16.3 Å². The van der Waals surface area contributed by atoms with E-state index in [1.165, 1.54) is 0 Å². The fourth-order valence-electron chi connectivity index (χ4n) is 2.57. The monoisotopic (exact) mass is 282 g/mol. The maximum atomic E-state index is 12.3. The van der Waals surface area contributed by atoms with Gasteiger partial charge in [-0.05, 0) is 31.0 Å². The van der Waals surface area contributed by atoms with Crippen molar-refractivity contribution in [3.05, 3.63) is 28.8 Å². The van der Waals surface area contributed by atoms with E-state index in [4.69, 9.17) is 17.3 Å². The second-order valence-electron chi connectivity index (χ2n) is 5.19. The molecule has 2 rings (SSSR count). The van der Waals surface area contributed by atoms with Crippen LogP contribution in [0, 0.1) is 0 Å². The van der Waals surface area contributed by atoms with Crippen LogP contribution in [-0.2, 0) is 0 Å². The zero-order valence-electron chi connectivity index (χ0n) is 10.8. The number of anilines is 1. The molecule has 0 unspecified atom stereocenters. The third-order valence-electron chi connectivity index (χ3n) is 3.73. The SMILES string of the molecule is Nc1ccc(C(=O)NC2(CO)CCCCC2)c(Cl)c1. The fourth-order valence-corrected chi connectivity index (χ4v) is 2.85. The van der Waals surface area contributed by atoms with Gasteiger partial charge in [0.15, 0.2) is 0 Å². The molecule has 0 heterocycles. The summed E-state index contributed by atoms with van der Waals surface area (Å²) in [6.45, 7) is -0.0364. The van der Waals surface area contributed by atoms with Crippen LogP contribution >= 0.6 is 11.6 Å². The number of nitrogen functional groups attached to an aromatic ring is 1. The third kappa shape index (κ3) is 3.19. The first-order valence-corrected chi connectivity index (χ1v) is 6.92. The van der Waals surface area contributed by atoms with E-state index in [9.17, 15) is 9.90 Å². The quantitative estimate of drug-likeness (QED) is 0.745. The van der Waals surface area contributed by atoms with Gasteiger partial charge >= 0.3 is 0 Å². The molecule has 4 N–H and O–H groups in total. The number of nitrogens with one attached hydrogen (secondary N) is 1. The average molecular weight is 283 g/mol. The molecule has 19 heavy (non-hydrogen) atoms. The Morgan fingerprint density at radius 1 is 1.37 bits per heavy atom. The smallest absolute Gasteiger partial charge is 0.253 e. The standard InChI is InChI=1S/C14H19ClN2O2/c15-12-8-10(16)4-5-11(12)13(19)17-14(9-18)6-2-1-3-7-14/h4-5,8,18H,1-3,6-7,9,16H2,(H,17,19). The molecule has 0 atom stereocenters. The van der Waals surface area contributed by atoms with Crippen molar-refractivity contribution in [3.63, 3.8) is 0 Å². The summed E-state index contributed by atoms with van der Waals surface area (Å²) in [5.74, 6) is -0.249. The lowest BCUT2D eigenvalue weighted by molar-refractivity contribution is 0.0759. The molecule has 0 saturated heterocycles. The second kappa shape index (κ2) is 5.80. The zero-order valence-corrected chi connectivity index (χ0v) is 11.5. The molecule has 1 aliphatic rings. The number of carbonyl (C=O) groups excluding carboxylic acids is 1. The highest BCUT2D eigenvalue weighted by Crippen LogP contribution is 2.29. The van der Waals surface area contributed by atoms with Crippen LogP contribution in [0.15, 0.2) is 18.2 Å². The molecule has 1 aliphatic carbocycles. The van der Waals surface area contributed by atoms with Gasteiger partial charge in [0.2, 0.25) is 0 Å². The zero-order chi connectivity index (χ0) is 13.9. The summed E-state index contributed by atoms with van der Waals surface area (Å²) in [5.41, 5.74) is 6.03. The Hall–Kier alpha value is -1.26. The van der Waals surface area contributed by atoms with Crippen molar-refractivity contribution in [3.8, 4) is 0 Å². The van der Waals surface area contributed by atoms with Crippen LogP contribution in [0.4, 0.5) is 5.69 Å². The highest BCUT2D eigenvalue weighted by atomic mass is 35.5. The lowest BCUT2D eigenvalue weighted by Gasteiger charge is -2.36. The van der Waals surface area contributed by atoms with Gasteiger partial charge in [-0.2, -0.15) is 0 Å². The molecule has 0 aliphatic heterocycles. The third-order valence-corrected chi connectivity index (χ3v) is 4.04. The number of aliphatic hydroxyl groups is 1. The summed E-state index contributed by atoms with van der Waals surface area (Å²) >= 11 is 6.03. The number of halogens is 1.